The third kappa shape index (κ3) is 6.40. The summed E-state index contributed by atoms with van der Waals surface area (Å²) in [7, 11) is 0. The summed E-state index contributed by atoms with van der Waals surface area (Å²) in [5.41, 5.74) is 1.06. The molecule has 0 saturated carbocycles. The normalized spacial score (nSPS) is 15.7. The molecule has 10 heteroatoms. The number of piperazine rings is 1. The number of hydrogen-bond donors (Lipinski definition) is 2. The summed E-state index contributed by atoms with van der Waals surface area (Å²) in [6.07, 6.45) is -0.211. The second-order valence-corrected chi connectivity index (χ2v) is 8.03. The van der Waals surface area contributed by atoms with Crippen molar-refractivity contribution in [2.24, 2.45) is 0 Å². The highest BCUT2D eigenvalue weighted by Gasteiger charge is 2.34. The Morgan fingerprint density at radius 3 is 2.52 bits per heavy atom. The fourth-order valence-corrected chi connectivity index (χ4v) is 3.88. The number of thiocarbonyl (C=S) groups is 1. The number of rotatable bonds is 5. The summed E-state index contributed by atoms with van der Waals surface area (Å²) >= 11 is 17.2. The van der Waals surface area contributed by atoms with E-state index >= 15 is 0 Å². The maximum Gasteiger partial charge on any atom is 0.308 e. The van der Waals surface area contributed by atoms with Crippen LogP contribution in [0.3, 0.4) is 0 Å². The number of esters is 1. The lowest BCUT2D eigenvalue weighted by Crippen LogP contribution is -2.60. The lowest BCUT2D eigenvalue weighted by Gasteiger charge is -2.36. The Morgan fingerprint density at radius 1 is 1.16 bits per heavy atom. The zero-order valence-corrected chi connectivity index (χ0v) is 18.6. The molecular formula is C21H19Cl2N3O4S. The van der Waals surface area contributed by atoms with Crippen LogP contribution in [0.5, 0.6) is 0 Å². The summed E-state index contributed by atoms with van der Waals surface area (Å²) in [5.74, 6) is -1.44. The predicted octanol–water partition coefficient (Wildman–Crippen LogP) is 2.94. The van der Waals surface area contributed by atoms with E-state index in [2.05, 4.69) is 10.6 Å². The average molecular weight is 480 g/mol. The molecule has 1 aliphatic heterocycles. The standard InChI is InChI=1S/C21H19Cl2N3O4S/c22-15-8-14(9-16(23)10-15)19(28)25-21(31)26-7-6-24-20(29)17(26)11-18(27)30-12-13-4-2-1-3-5-13/h1-5,8-10,17H,6-7,11-12H2,(H,24,29)(H,25,28,31). The van der Waals surface area contributed by atoms with Gasteiger partial charge >= 0.3 is 5.97 Å². The van der Waals surface area contributed by atoms with Crippen LogP contribution in [0.4, 0.5) is 0 Å². The molecule has 0 bridgehead atoms. The predicted molar refractivity (Wildman–Crippen MR) is 121 cm³/mol. The number of halogens is 2. The first-order valence-corrected chi connectivity index (χ1v) is 10.5. The Kier molecular flexibility index (Phi) is 7.84. The summed E-state index contributed by atoms with van der Waals surface area (Å²) in [4.78, 5) is 38.8. The SMILES string of the molecule is O=C(CC1C(=O)NCCN1C(=S)NC(=O)c1cc(Cl)cc(Cl)c1)OCc1ccccc1. The Balaban J connectivity index is 1.63. The van der Waals surface area contributed by atoms with Crippen LogP contribution in [-0.4, -0.2) is 46.9 Å². The van der Waals surface area contributed by atoms with Gasteiger partial charge in [0.25, 0.3) is 5.91 Å². The minimum absolute atomic E-state index is 0.0248. The minimum atomic E-state index is -0.896. The first-order chi connectivity index (χ1) is 14.8. The summed E-state index contributed by atoms with van der Waals surface area (Å²) in [6, 6.07) is 12.7. The maximum absolute atomic E-state index is 12.5. The first kappa shape index (κ1) is 23.0. The average Bonchev–Trinajstić information content (AvgIpc) is 2.73. The second-order valence-electron chi connectivity index (χ2n) is 6.77. The van der Waals surface area contributed by atoms with Crippen molar-refractivity contribution >= 4 is 58.3 Å². The van der Waals surface area contributed by atoms with Gasteiger partial charge in [0, 0.05) is 28.7 Å². The fraction of sp³-hybridized carbons (Fsp3) is 0.238. The molecule has 1 aliphatic rings. The highest BCUT2D eigenvalue weighted by atomic mass is 35.5. The molecule has 0 spiro atoms. The van der Waals surface area contributed by atoms with Crippen molar-refractivity contribution in [3.8, 4) is 0 Å². The first-order valence-electron chi connectivity index (χ1n) is 9.39. The van der Waals surface area contributed by atoms with E-state index in [1.807, 2.05) is 30.3 Å². The zero-order chi connectivity index (χ0) is 22.4. The number of hydrogen-bond acceptors (Lipinski definition) is 5. The van der Waals surface area contributed by atoms with Gasteiger partial charge < -0.3 is 15.0 Å². The molecule has 1 fully saturated rings. The molecule has 1 unspecified atom stereocenters. The van der Waals surface area contributed by atoms with Crippen molar-refractivity contribution in [2.75, 3.05) is 13.1 Å². The van der Waals surface area contributed by atoms with E-state index < -0.39 is 17.9 Å². The number of carbonyl (C=O) groups excluding carboxylic acids is 3. The van der Waals surface area contributed by atoms with E-state index in [0.717, 1.165) is 5.56 Å². The molecule has 1 saturated heterocycles. The van der Waals surface area contributed by atoms with Gasteiger partial charge in [0.05, 0.1) is 6.42 Å². The van der Waals surface area contributed by atoms with Crippen molar-refractivity contribution in [1.29, 1.82) is 0 Å². The van der Waals surface area contributed by atoms with Crippen LogP contribution in [0.25, 0.3) is 0 Å². The van der Waals surface area contributed by atoms with Gasteiger partial charge in [0.1, 0.15) is 12.6 Å². The second kappa shape index (κ2) is 10.6. The van der Waals surface area contributed by atoms with Gasteiger partial charge in [-0.3, -0.25) is 19.7 Å². The van der Waals surface area contributed by atoms with E-state index in [-0.39, 0.29) is 29.6 Å². The lowest BCUT2D eigenvalue weighted by atomic mass is 10.1. The zero-order valence-electron chi connectivity index (χ0n) is 16.3. The van der Waals surface area contributed by atoms with Crippen LogP contribution in [-0.2, 0) is 20.9 Å². The van der Waals surface area contributed by atoms with E-state index in [0.29, 0.717) is 23.1 Å². The van der Waals surface area contributed by atoms with Gasteiger partial charge in [-0.2, -0.15) is 0 Å². The number of nitrogens with one attached hydrogen (secondary N) is 2. The molecule has 31 heavy (non-hydrogen) atoms. The molecule has 162 valence electrons. The van der Waals surface area contributed by atoms with Crippen LogP contribution in [0, 0.1) is 0 Å². The van der Waals surface area contributed by atoms with Crippen molar-refractivity contribution in [3.05, 3.63) is 69.7 Å². The Labute approximate surface area is 194 Å². The molecular weight excluding hydrogens is 461 g/mol. The van der Waals surface area contributed by atoms with E-state index in [1.54, 1.807) is 0 Å². The number of nitrogens with zero attached hydrogens (tertiary/aromatic N) is 1. The largest absolute Gasteiger partial charge is 0.461 e. The van der Waals surface area contributed by atoms with E-state index in [4.69, 9.17) is 40.2 Å². The number of amides is 2. The Bertz CT molecular complexity index is 983. The Hall–Kier alpha value is -2.68. The molecule has 0 aromatic heterocycles. The smallest absolute Gasteiger partial charge is 0.308 e. The number of benzene rings is 2. The van der Waals surface area contributed by atoms with Crippen LogP contribution in [0.1, 0.15) is 22.3 Å². The fourth-order valence-electron chi connectivity index (χ4n) is 3.04. The van der Waals surface area contributed by atoms with Gasteiger partial charge in [-0.05, 0) is 36.0 Å². The summed E-state index contributed by atoms with van der Waals surface area (Å²) in [6.45, 7) is 0.760. The third-order valence-electron chi connectivity index (χ3n) is 4.54. The van der Waals surface area contributed by atoms with Crippen LogP contribution in [0.2, 0.25) is 10.0 Å². The molecule has 3 rings (SSSR count). The van der Waals surface area contributed by atoms with Crippen molar-refractivity contribution < 1.29 is 19.1 Å². The van der Waals surface area contributed by atoms with E-state index in [9.17, 15) is 14.4 Å². The monoisotopic (exact) mass is 479 g/mol. The summed E-state index contributed by atoms with van der Waals surface area (Å²) in [5, 5.41) is 5.91. The Morgan fingerprint density at radius 2 is 1.84 bits per heavy atom. The van der Waals surface area contributed by atoms with Gasteiger partial charge in [-0.1, -0.05) is 53.5 Å². The van der Waals surface area contributed by atoms with Crippen LogP contribution < -0.4 is 10.6 Å². The third-order valence-corrected chi connectivity index (χ3v) is 5.31. The molecule has 0 aliphatic carbocycles. The minimum Gasteiger partial charge on any atom is -0.461 e. The molecule has 2 amide bonds. The van der Waals surface area contributed by atoms with E-state index in [1.165, 1.54) is 23.1 Å². The molecule has 1 atom stereocenters. The van der Waals surface area contributed by atoms with Gasteiger partial charge in [0.15, 0.2) is 5.11 Å². The maximum atomic E-state index is 12.5. The van der Waals surface area contributed by atoms with Gasteiger partial charge in [-0.25, -0.2) is 0 Å². The molecule has 7 nitrogen and oxygen atoms in total. The lowest BCUT2D eigenvalue weighted by molar-refractivity contribution is -0.148. The van der Waals surface area contributed by atoms with Crippen molar-refractivity contribution in [1.82, 2.24) is 15.5 Å². The van der Waals surface area contributed by atoms with Gasteiger partial charge in [-0.15, -0.1) is 0 Å². The molecule has 2 N–H and O–H groups in total. The number of ether oxygens (including phenoxy) is 1. The molecule has 1 heterocycles. The summed E-state index contributed by atoms with van der Waals surface area (Å²) < 4.78 is 5.28. The van der Waals surface area contributed by atoms with Crippen LogP contribution in [0.15, 0.2) is 48.5 Å². The van der Waals surface area contributed by atoms with Crippen molar-refractivity contribution in [2.45, 2.75) is 19.1 Å². The number of carbonyl (C=O) groups is 3. The van der Waals surface area contributed by atoms with Gasteiger partial charge in [0.2, 0.25) is 5.91 Å². The molecule has 2 aromatic rings. The highest BCUT2D eigenvalue weighted by molar-refractivity contribution is 7.80. The van der Waals surface area contributed by atoms with Crippen LogP contribution >= 0.6 is 35.4 Å². The quantitative estimate of drug-likeness (QED) is 0.506. The topological polar surface area (TPSA) is 87.7 Å². The highest BCUT2D eigenvalue weighted by Crippen LogP contribution is 2.19. The van der Waals surface area contributed by atoms with Crippen molar-refractivity contribution in [3.63, 3.8) is 0 Å². The molecule has 0 radical (unpaired) electrons. The molecule has 2 aromatic carbocycles.